The van der Waals surface area contributed by atoms with Crippen molar-refractivity contribution in [1.82, 2.24) is 14.8 Å². The summed E-state index contributed by atoms with van der Waals surface area (Å²) in [5.74, 6) is 1.71. The molecule has 0 fully saturated rings. The molecular weight excluding hydrogens is 420 g/mol. The predicted molar refractivity (Wildman–Crippen MR) is 128 cm³/mol. The fraction of sp³-hybridized carbons (Fsp3) is 0. The fourth-order valence-electron chi connectivity index (χ4n) is 3.49. The fourth-order valence-corrected chi connectivity index (χ4v) is 4.61. The number of carbonyl (C=O) groups is 1. The smallest absolute Gasteiger partial charge is 0.270 e. The van der Waals surface area contributed by atoms with E-state index >= 15 is 0 Å². The number of hydrogen-bond acceptors (Lipinski definition) is 6. The van der Waals surface area contributed by atoms with E-state index in [1.54, 1.807) is 29.9 Å². The number of nitrogens with two attached hydrogens (primary N) is 1. The molecule has 0 aliphatic carbocycles. The molecule has 0 aliphatic heterocycles. The summed E-state index contributed by atoms with van der Waals surface area (Å²) in [4.78, 5) is 16.3. The highest BCUT2D eigenvalue weighted by Crippen LogP contribution is 2.42. The summed E-state index contributed by atoms with van der Waals surface area (Å²) in [6.45, 7) is 3.50. The zero-order valence-electron chi connectivity index (χ0n) is 16.9. The molecule has 0 unspecified atom stereocenters. The minimum Gasteiger partial charge on any atom is -0.457 e. The molecule has 0 atom stereocenters. The Hall–Kier alpha value is -4.23. The SMILES string of the molecule is C=CC(=O)n1cc(-c2cnc(N)c3c(-c4ccc(Oc5ccccc5)cc4)csc23)cn1. The molecule has 0 spiro atoms. The van der Waals surface area contributed by atoms with Crippen LogP contribution >= 0.6 is 11.3 Å². The van der Waals surface area contributed by atoms with Crippen LogP contribution in [0.2, 0.25) is 0 Å². The molecule has 7 heteroatoms. The number of carbonyl (C=O) groups excluding carboxylic acids is 1. The molecule has 3 heterocycles. The number of anilines is 1. The molecular formula is C25H18N4O2S. The maximum Gasteiger partial charge on any atom is 0.270 e. The topological polar surface area (TPSA) is 83.0 Å². The number of fused-ring (bicyclic) bond motifs is 1. The van der Waals surface area contributed by atoms with Gasteiger partial charge < -0.3 is 10.5 Å². The van der Waals surface area contributed by atoms with Crippen molar-refractivity contribution in [2.75, 3.05) is 5.73 Å². The van der Waals surface area contributed by atoms with E-state index in [0.29, 0.717) is 5.82 Å². The second-order valence-corrected chi connectivity index (χ2v) is 7.95. The Bertz CT molecular complexity index is 1440. The molecule has 2 aromatic carbocycles. The lowest BCUT2D eigenvalue weighted by atomic mass is 10.0. The third kappa shape index (κ3) is 3.55. The van der Waals surface area contributed by atoms with Gasteiger partial charge in [-0.05, 0) is 41.3 Å². The third-order valence-electron chi connectivity index (χ3n) is 5.06. The van der Waals surface area contributed by atoms with Crippen LogP contribution in [-0.2, 0) is 0 Å². The first kappa shape index (κ1) is 19.7. The molecule has 156 valence electrons. The zero-order chi connectivity index (χ0) is 22.1. The van der Waals surface area contributed by atoms with E-state index in [1.165, 1.54) is 10.8 Å². The predicted octanol–water partition coefficient (Wildman–Crippen LogP) is 6.03. The van der Waals surface area contributed by atoms with Gasteiger partial charge in [-0.15, -0.1) is 11.3 Å². The highest BCUT2D eigenvalue weighted by Gasteiger charge is 2.17. The lowest BCUT2D eigenvalue weighted by Gasteiger charge is -2.08. The van der Waals surface area contributed by atoms with Crippen LogP contribution in [0.4, 0.5) is 5.82 Å². The molecule has 0 amide bonds. The van der Waals surface area contributed by atoms with Crippen LogP contribution in [0.5, 0.6) is 11.5 Å². The monoisotopic (exact) mass is 438 g/mol. The van der Waals surface area contributed by atoms with E-state index in [4.69, 9.17) is 10.5 Å². The Labute approximate surface area is 188 Å². The molecule has 0 radical (unpaired) electrons. The van der Waals surface area contributed by atoms with Gasteiger partial charge in [0.05, 0.1) is 6.20 Å². The number of ether oxygens (including phenoxy) is 1. The number of nitrogens with zero attached hydrogens (tertiary/aromatic N) is 3. The van der Waals surface area contributed by atoms with Crippen molar-refractivity contribution in [2.45, 2.75) is 0 Å². The first-order valence-corrected chi connectivity index (χ1v) is 10.7. The molecule has 0 saturated heterocycles. The summed E-state index contributed by atoms with van der Waals surface area (Å²) in [5.41, 5.74) is 9.95. The molecule has 3 aromatic heterocycles. The van der Waals surface area contributed by atoms with Crippen LogP contribution in [0.15, 0.2) is 91.2 Å². The van der Waals surface area contributed by atoms with Crippen molar-refractivity contribution in [1.29, 1.82) is 0 Å². The maximum absolute atomic E-state index is 11.8. The van der Waals surface area contributed by atoms with Crippen LogP contribution in [-0.4, -0.2) is 20.7 Å². The summed E-state index contributed by atoms with van der Waals surface area (Å²) in [7, 11) is 0. The number of para-hydroxylation sites is 1. The minimum absolute atomic E-state index is 0.291. The molecule has 0 bridgehead atoms. The minimum atomic E-state index is -0.291. The van der Waals surface area contributed by atoms with E-state index in [-0.39, 0.29) is 5.91 Å². The number of rotatable bonds is 5. The largest absolute Gasteiger partial charge is 0.457 e. The van der Waals surface area contributed by atoms with Gasteiger partial charge in [-0.3, -0.25) is 4.79 Å². The first-order chi connectivity index (χ1) is 15.6. The quantitative estimate of drug-likeness (QED) is 0.339. The van der Waals surface area contributed by atoms with Crippen molar-refractivity contribution in [3.8, 4) is 33.8 Å². The van der Waals surface area contributed by atoms with Crippen LogP contribution in [0.3, 0.4) is 0 Å². The van der Waals surface area contributed by atoms with E-state index in [2.05, 4.69) is 22.0 Å². The summed E-state index contributed by atoms with van der Waals surface area (Å²) in [5, 5.41) is 7.08. The molecule has 0 aliphatic rings. The van der Waals surface area contributed by atoms with Gasteiger partial charge in [0, 0.05) is 39.2 Å². The van der Waals surface area contributed by atoms with Gasteiger partial charge in [-0.25, -0.2) is 9.67 Å². The molecule has 5 aromatic rings. The van der Waals surface area contributed by atoms with Crippen LogP contribution in [0.1, 0.15) is 4.79 Å². The van der Waals surface area contributed by atoms with Gasteiger partial charge in [-0.1, -0.05) is 36.9 Å². The number of aromatic nitrogens is 3. The zero-order valence-corrected chi connectivity index (χ0v) is 17.8. The van der Waals surface area contributed by atoms with Crippen LogP contribution in [0.25, 0.3) is 32.3 Å². The summed E-state index contributed by atoms with van der Waals surface area (Å²) >= 11 is 1.58. The highest BCUT2D eigenvalue weighted by atomic mass is 32.1. The third-order valence-corrected chi connectivity index (χ3v) is 6.08. The lowest BCUT2D eigenvalue weighted by molar-refractivity contribution is 0.0954. The van der Waals surface area contributed by atoms with E-state index in [0.717, 1.165) is 43.8 Å². The van der Waals surface area contributed by atoms with E-state index < -0.39 is 0 Å². The summed E-state index contributed by atoms with van der Waals surface area (Å²) < 4.78 is 8.13. The number of benzene rings is 2. The average molecular weight is 439 g/mol. The van der Waals surface area contributed by atoms with E-state index in [1.807, 2.05) is 54.6 Å². The Kier molecular flexibility index (Phi) is 5.01. The number of hydrogen-bond donors (Lipinski definition) is 1. The standard InChI is InChI=1S/C25H18N4O2S/c1-2-22(30)29-14-17(12-28-29)20-13-27-25(26)23-21(15-32-24(20)23)16-8-10-19(11-9-16)31-18-6-4-3-5-7-18/h2-15H,1H2,(H2,26,27). The van der Waals surface area contributed by atoms with E-state index in [9.17, 15) is 4.79 Å². The van der Waals surface area contributed by atoms with Gasteiger partial charge in [0.1, 0.15) is 17.3 Å². The molecule has 32 heavy (non-hydrogen) atoms. The van der Waals surface area contributed by atoms with Crippen molar-refractivity contribution >= 4 is 33.1 Å². The Morgan fingerprint density at radius 3 is 2.50 bits per heavy atom. The van der Waals surface area contributed by atoms with Crippen molar-refractivity contribution < 1.29 is 9.53 Å². The van der Waals surface area contributed by atoms with Crippen molar-refractivity contribution in [2.24, 2.45) is 0 Å². The van der Waals surface area contributed by atoms with Crippen LogP contribution in [0, 0.1) is 0 Å². The average Bonchev–Trinajstić information content (AvgIpc) is 3.49. The molecule has 0 saturated carbocycles. The number of thiophene rings is 1. The van der Waals surface area contributed by atoms with Gasteiger partial charge >= 0.3 is 0 Å². The van der Waals surface area contributed by atoms with Crippen LogP contribution < -0.4 is 10.5 Å². The summed E-state index contributed by atoms with van der Waals surface area (Å²) in [6.07, 6.45) is 6.26. The number of allylic oxidation sites excluding steroid dienone is 1. The normalized spacial score (nSPS) is 10.9. The highest BCUT2D eigenvalue weighted by molar-refractivity contribution is 7.18. The number of nitrogen functional groups attached to an aromatic ring is 1. The Morgan fingerprint density at radius 1 is 1.00 bits per heavy atom. The number of pyridine rings is 1. The molecule has 2 N–H and O–H groups in total. The summed E-state index contributed by atoms with van der Waals surface area (Å²) in [6, 6.07) is 17.5. The second kappa shape index (κ2) is 8.13. The lowest BCUT2D eigenvalue weighted by Crippen LogP contribution is -2.06. The Balaban J connectivity index is 1.52. The van der Waals surface area contributed by atoms with Gasteiger partial charge in [0.25, 0.3) is 5.91 Å². The maximum atomic E-state index is 11.8. The van der Waals surface area contributed by atoms with Gasteiger partial charge in [-0.2, -0.15) is 5.10 Å². The van der Waals surface area contributed by atoms with Crippen molar-refractivity contribution in [3.05, 3.63) is 91.2 Å². The second-order valence-electron chi connectivity index (χ2n) is 7.07. The molecule has 6 nitrogen and oxygen atoms in total. The Morgan fingerprint density at radius 2 is 1.75 bits per heavy atom. The van der Waals surface area contributed by atoms with Gasteiger partial charge in [0.15, 0.2) is 0 Å². The first-order valence-electron chi connectivity index (χ1n) is 9.85. The van der Waals surface area contributed by atoms with Crippen molar-refractivity contribution in [3.63, 3.8) is 0 Å². The van der Waals surface area contributed by atoms with Gasteiger partial charge in [0.2, 0.25) is 0 Å². The molecule has 5 rings (SSSR count).